The summed E-state index contributed by atoms with van der Waals surface area (Å²) in [6.45, 7) is -0.566. The van der Waals surface area contributed by atoms with Gasteiger partial charge in [0.05, 0.1) is 5.69 Å². The molecule has 0 aliphatic heterocycles. The highest BCUT2D eigenvalue weighted by Gasteiger charge is 2.37. The number of alkyl halides is 5. The average Bonchev–Trinajstić information content (AvgIpc) is 2.15. The van der Waals surface area contributed by atoms with Crippen LogP contribution in [0.15, 0.2) is 6.07 Å². The number of aromatic nitrogens is 1. The van der Waals surface area contributed by atoms with E-state index in [1.165, 1.54) is 0 Å². The van der Waals surface area contributed by atoms with Gasteiger partial charge in [0.25, 0.3) is 6.43 Å². The number of hydrogen-bond acceptors (Lipinski definition) is 3. The molecular formula is C8H7F5N2O. The number of nitrogens with two attached hydrogens (primary N) is 1. The molecular weight excluding hydrogens is 235 g/mol. The van der Waals surface area contributed by atoms with Crippen molar-refractivity contribution in [2.45, 2.75) is 19.1 Å². The largest absolute Gasteiger partial charge is 0.506 e. The van der Waals surface area contributed by atoms with E-state index in [2.05, 4.69) is 4.98 Å². The molecule has 8 heteroatoms. The Balaban J connectivity index is 3.37. The smallest absolute Gasteiger partial charge is 0.437 e. The van der Waals surface area contributed by atoms with E-state index in [9.17, 15) is 22.0 Å². The average molecular weight is 242 g/mol. The summed E-state index contributed by atoms with van der Waals surface area (Å²) < 4.78 is 61.4. The van der Waals surface area contributed by atoms with Crippen molar-refractivity contribution in [2.75, 3.05) is 0 Å². The van der Waals surface area contributed by atoms with Crippen molar-refractivity contribution in [2.24, 2.45) is 5.73 Å². The van der Waals surface area contributed by atoms with Crippen molar-refractivity contribution in [1.82, 2.24) is 4.98 Å². The summed E-state index contributed by atoms with van der Waals surface area (Å²) in [5, 5.41) is 8.94. The third-order valence-electron chi connectivity index (χ3n) is 1.81. The Kier molecular flexibility index (Phi) is 3.32. The fraction of sp³-hybridized carbons (Fsp3) is 0.375. The lowest BCUT2D eigenvalue weighted by Crippen LogP contribution is -2.14. The number of aromatic hydroxyl groups is 1. The van der Waals surface area contributed by atoms with E-state index in [-0.39, 0.29) is 0 Å². The molecule has 0 spiro atoms. The van der Waals surface area contributed by atoms with Gasteiger partial charge in [-0.1, -0.05) is 0 Å². The van der Waals surface area contributed by atoms with Crippen LogP contribution >= 0.6 is 0 Å². The molecule has 16 heavy (non-hydrogen) atoms. The Hall–Kier alpha value is -1.44. The molecule has 0 radical (unpaired) electrons. The van der Waals surface area contributed by atoms with Crippen LogP contribution in [0, 0.1) is 0 Å². The fourth-order valence-corrected chi connectivity index (χ4v) is 1.12. The van der Waals surface area contributed by atoms with Crippen molar-refractivity contribution in [3.63, 3.8) is 0 Å². The van der Waals surface area contributed by atoms with Gasteiger partial charge in [-0.05, 0) is 6.07 Å². The van der Waals surface area contributed by atoms with E-state index >= 15 is 0 Å². The van der Waals surface area contributed by atoms with Gasteiger partial charge in [-0.15, -0.1) is 0 Å². The van der Waals surface area contributed by atoms with Crippen LogP contribution in [0.3, 0.4) is 0 Å². The molecule has 0 atom stereocenters. The first-order valence-electron chi connectivity index (χ1n) is 4.05. The SMILES string of the molecule is NCc1nc(C(F)(F)F)c(O)cc1C(F)F. The minimum absolute atomic E-state index is 0.336. The van der Waals surface area contributed by atoms with E-state index in [4.69, 9.17) is 10.8 Å². The van der Waals surface area contributed by atoms with Crippen LogP contribution in [-0.2, 0) is 12.7 Å². The van der Waals surface area contributed by atoms with Crippen LogP contribution in [-0.4, -0.2) is 10.1 Å². The Morgan fingerprint density at radius 3 is 2.31 bits per heavy atom. The standard InChI is InChI=1S/C8H7F5N2O/c9-7(10)3-1-5(16)6(8(11,12)13)15-4(3)2-14/h1,7,16H,2,14H2. The van der Waals surface area contributed by atoms with Crippen LogP contribution in [0.2, 0.25) is 0 Å². The Morgan fingerprint density at radius 2 is 1.94 bits per heavy atom. The molecule has 0 saturated heterocycles. The van der Waals surface area contributed by atoms with Crippen molar-refractivity contribution in [3.8, 4) is 5.75 Å². The molecule has 1 aromatic rings. The van der Waals surface area contributed by atoms with Crippen LogP contribution in [0.1, 0.15) is 23.4 Å². The second-order valence-electron chi connectivity index (χ2n) is 2.89. The summed E-state index contributed by atoms with van der Waals surface area (Å²) in [6.07, 6.45) is -7.95. The predicted octanol–water partition coefficient (Wildman–Crippen LogP) is 2.20. The molecule has 0 aromatic carbocycles. The Labute approximate surface area is 86.7 Å². The van der Waals surface area contributed by atoms with Crippen LogP contribution in [0.4, 0.5) is 22.0 Å². The van der Waals surface area contributed by atoms with Gasteiger partial charge in [0.1, 0.15) is 5.75 Å². The first-order chi connectivity index (χ1) is 7.27. The molecule has 0 saturated carbocycles. The van der Waals surface area contributed by atoms with Crippen LogP contribution in [0.25, 0.3) is 0 Å². The monoisotopic (exact) mass is 242 g/mol. The van der Waals surface area contributed by atoms with Gasteiger partial charge in [0.15, 0.2) is 5.69 Å². The third kappa shape index (κ3) is 2.38. The first-order valence-corrected chi connectivity index (χ1v) is 4.05. The van der Waals surface area contributed by atoms with E-state index in [0.717, 1.165) is 0 Å². The lowest BCUT2D eigenvalue weighted by molar-refractivity contribution is -0.142. The molecule has 0 aliphatic carbocycles. The summed E-state index contributed by atoms with van der Waals surface area (Å²) in [6, 6.07) is 0.336. The third-order valence-corrected chi connectivity index (χ3v) is 1.81. The number of halogens is 5. The summed E-state index contributed by atoms with van der Waals surface area (Å²) in [5.41, 5.74) is 2.01. The minimum Gasteiger partial charge on any atom is -0.506 e. The molecule has 0 fully saturated rings. The second kappa shape index (κ2) is 4.20. The maximum atomic E-state index is 12.3. The van der Waals surface area contributed by atoms with E-state index in [1.54, 1.807) is 0 Å². The van der Waals surface area contributed by atoms with Gasteiger partial charge in [-0.3, -0.25) is 0 Å². The van der Waals surface area contributed by atoms with E-state index in [1.807, 2.05) is 0 Å². The predicted molar refractivity (Wildman–Crippen MR) is 43.8 cm³/mol. The molecule has 1 heterocycles. The highest BCUT2D eigenvalue weighted by Crippen LogP contribution is 2.36. The van der Waals surface area contributed by atoms with Crippen LogP contribution in [0.5, 0.6) is 5.75 Å². The van der Waals surface area contributed by atoms with Gasteiger partial charge >= 0.3 is 6.18 Å². The summed E-state index contributed by atoms with van der Waals surface area (Å²) in [5.74, 6) is -1.33. The quantitative estimate of drug-likeness (QED) is 0.781. The van der Waals surface area contributed by atoms with Crippen molar-refractivity contribution < 1.29 is 27.1 Å². The van der Waals surface area contributed by atoms with Gasteiger partial charge in [0.2, 0.25) is 0 Å². The topological polar surface area (TPSA) is 59.1 Å². The second-order valence-corrected chi connectivity index (χ2v) is 2.89. The highest BCUT2D eigenvalue weighted by atomic mass is 19.4. The van der Waals surface area contributed by atoms with Crippen molar-refractivity contribution in [3.05, 3.63) is 23.0 Å². The molecule has 0 bridgehead atoms. The van der Waals surface area contributed by atoms with Crippen molar-refractivity contribution in [1.29, 1.82) is 0 Å². The summed E-state index contributed by atoms with van der Waals surface area (Å²) in [4.78, 5) is 2.90. The molecule has 0 unspecified atom stereocenters. The zero-order valence-corrected chi connectivity index (χ0v) is 7.72. The van der Waals surface area contributed by atoms with Crippen LogP contribution < -0.4 is 5.73 Å². The van der Waals surface area contributed by atoms with Gasteiger partial charge in [-0.2, -0.15) is 13.2 Å². The molecule has 0 aliphatic rings. The highest BCUT2D eigenvalue weighted by molar-refractivity contribution is 5.36. The molecule has 90 valence electrons. The lowest BCUT2D eigenvalue weighted by Gasteiger charge is -2.12. The zero-order chi connectivity index (χ0) is 12.5. The number of pyridine rings is 1. The Morgan fingerprint density at radius 1 is 1.38 bits per heavy atom. The molecule has 1 rings (SSSR count). The number of rotatable bonds is 2. The van der Waals surface area contributed by atoms with Crippen molar-refractivity contribution >= 4 is 0 Å². The molecule has 1 aromatic heterocycles. The minimum atomic E-state index is -4.91. The van der Waals surface area contributed by atoms with Gasteiger partial charge in [-0.25, -0.2) is 13.8 Å². The fourth-order valence-electron chi connectivity index (χ4n) is 1.12. The van der Waals surface area contributed by atoms with Gasteiger partial charge in [0, 0.05) is 12.1 Å². The van der Waals surface area contributed by atoms with E-state index < -0.39 is 41.8 Å². The summed E-state index contributed by atoms with van der Waals surface area (Å²) >= 11 is 0. The molecule has 3 N–H and O–H groups in total. The lowest BCUT2D eigenvalue weighted by atomic mass is 10.1. The van der Waals surface area contributed by atoms with E-state index in [0.29, 0.717) is 6.07 Å². The number of hydrogen-bond donors (Lipinski definition) is 2. The Bertz CT molecular complexity index is 391. The van der Waals surface area contributed by atoms with Gasteiger partial charge < -0.3 is 10.8 Å². The summed E-state index contributed by atoms with van der Waals surface area (Å²) in [7, 11) is 0. The zero-order valence-electron chi connectivity index (χ0n) is 7.72. The molecule has 3 nitrogen and oxygen atoms in total. The molecule has 0 amide bonds. The maximum Gasteiger partial charge on any atom is 0.437 e. The first kappa shape index (κ1) is 12.6. The maximum absolute atomic E-state index is 12.3. The number of nitrogens with zero attached hydrogens (tertiary/aromatic N) is 1. The normalized spacial score (nSPS) is 12.2.